The van der Waals surface area contributed by atoms with Crippen molar-refractivity contribution in [2.24, 2.45) is 0 Å². The molecule has 0 heterocycles. The standard InChI is InChI=1S/C11H13NO/c1-3-8-12-11(13)10-6-4-9(2)5-7-10/h3-8H,1-2H3,(H,12,13)/i1D,8D. The molecule has 0 spiro atoms. The highest BCUT2D eigenvalue weighted by molar-refractivity contribution is 5.94. The van der Waals surface area contributed by atoms with Gasteiger partial charge in [0, 0.05) is 6.93 Å². The Bertz CT molecular complexity index is 371. The van der Waals surface area contributed by atoms with Crippen molar-refractivity contribution in [1.29, 1.82) is 0 Å². The van der Waals surface area contributed by atoms with E-state index in [0.717, 1.165) is 5.56 Å². The fraction of sp³-hybridized carbons (Fsp3) is 0.182. The average Bonchev–Trinajstić information content (AvgIpc) is 2.18. The van der Waals surface area contributed by atoms with Crippen molar-refractivity contribution < 1.29 is 7.54 Å². The highest BCUT2D eigenvalue weighted by atomic mass is 16.1. The van der Waals surface area contributed by atoms with Gasteiger partial charge in [-0.15, -0.1) is 0 Å². The Hall–Kier alpha value is -1.57. The Kier molecular flexibility index (Phi) is 2.36. The number of carbonyl (C=O) groups is 1. The van der Waals surface area contributed by atoms with Crippen LogP contribution < -0.4 is 5.32 Å². The number of carbonyl (C=O) groups excluding carboxylic acids is 1. The first kappa shape index (κ1) is 6.89. The number of benzene rings is 1. The molecule has 0 aromatic heterocycles. The highest BCUT2D eigenvalue weighted by Crippen LogP contribution is 2.02. The van der Waals surface area contributed by atoms with Crippen LogP contribution in [0.1, 0.15) is 25.6 Å². The third kappa shape index (κ3) is 2.75. The van der Waals surface area contributed by atoms with Crippen LogP contribution in [0.5, 0.6) is 0 Å². The molecule has 13 heavy (non-hydrogen) atoms. The molecule has 0 atom stereocenters. The lowest BCUT2D eigenvalue weighted by Gasteiger charge is -1.99. The molecule has 0 aliphatic rings. The van der Waals surface area contributed by atoms with Gasteiger partial charge in [0.2, 0.25) is 0 Å². The van der Waals surface area contributed by atoms with E-state index in [0.29, 0.717) is 5.56 Å². The van der Waals surface area contributed by atoms with Crippen molar-refractivity contribution in [3.05, 3.63) is 47.6 Å². The molecule has 0 radical (unpaired) electrons. The molecule has 1 aromatic rings. The van der Waals surface area contributed by atoms with Crippen LogP contribution in [0.15, 0.2) is 36.5 Å². The monoisotopic (exact) mass is 177 g/mol. The van der Waals surface area contributed by atoms with E-state index in [2.05, 4.69) is 5.32 Å². The number of amides is 1. The normalized spacial score (nSPS) is 13.2. The van der Waals surface area contributed by atoms with Gasteiger partial charge < -0.3 is 5.32 Å². The van der Waals surface area contributed by atoms with Gasteiger partial charge >= 0.3 is 0 Å². The third-order valence-electron chi connectivity index (χ3n) is 1.60. The summed E-state index contributed by atoms with van der Waals surface area (Å²) in [6, 6.07) is 7.09. The first-order valence-corrected chi connectivity index (χ1v) is 3.97. The van der Waals surface area contributed by atoms with E-state index in [1.165, 1.54) is 6.08 Å². The maximum Gasteiger partial charge on any atom is 0.255 e. The predicted octanol–water partition coefficient (Wildman–Crippen LogP) is 2.26. The maximum atomic E-state index is 11.5. The molecule has 0 bridgehead atoms. The summed E-state index contributed by atoms with van der Waals surface area (Å²) in [5.41, 5.74) is 1.60. The van der Waals surface area contributed by atoms with Crippen LogP contribution in [-0.2, 0) is 0 Å². The first-order valence-electron chi connectivity index (χ1n) is 5.18. The number of hydrogen-bond donors (Lipinski definition) is 1. The molecule has 1 amide bonds. The van der Waals surface area contributed by atoms with E-state index in [1.54, 1.807) is 12.1 Å². The minimum atomic E-state index is -0.315. The molecule has 2 heteroatoms. The van der Waals surface area contributed by atoms with Gasteiger partial charge in [0.25, 0.3) is 5.91 Å². The van der Waals surface area contributed by atoms with Gasteiger partial charge in [-0.2, -0.15) is 0 Å². The zero-order valence-electron chi connectivity index (χ0n) is 9.50. The molecule has 0 aliphatic heterocycles. The van der Waals surface area contributed by atoms with Crippen LogP contribution in [-0.4, -0.2) is 5.91 Å². The molecule has 1 rings (SSSR count). The quantitative estimate of drug-likeness (QED) is 0.737. The second kappa shape index (κ2) is 4.45. The Morgan fingerprint density at radius 3 is 2.85 bits per heavy atom. The fourth-order valence-corrected chi connectivity index (χ4v) is 0.894. The second-order valence-corrected chi connectivity index (χ2v) is 2.67. The van der Waals surface area contributed by atoms with Crippen LogP contribution in [0.4, 0.5) is 0 Å². The second-order valence-electron chi connectivity index (χ2n) is 2.67. The van der Waals surface area contributed by atoms with E-state index in [-0.39, 0.29) is 19.0 Å². The molecule has 1 aromatic carbocycles. The van der Waals surface area contributed by atoms with Crippen LogP contribution in [0.3, 0.4) is 0 Å². The van der Waals surface area contributed by atoms with Gasteiger partial charge in [-0.05, 0) is 32.1 Å². The van der Waals surface area contributed by atoms with E-state index < -0.39 is 0 Å². The van der Waals surface area contributed by atoms with Gasteiger partial charge in [-0.3, -0.25) is 4.79 Å². The smallest absolute Gasteiger partial charge is 0.255 e. The highest BCUT2D eigenvalue weighted by Gasteiger charge is 2.00. The molecule has 0 saturated heterocycles. The van der Waals surface area contributed by atoms with Crippen molar-refractivity contribution >= 4 is 5.91 Å². The molecule has 1 N–H and O–H groups in total. The molecule has 0 fully saturated rings. The molecule has 0 unspecified atom stereocenters. The zero-order valence-corrected chi connectivity index (χ0v) is 7.50. The molecule has 2 nitrogen and oxygen atoms in total. The minimum Gasteiger partial charge on any atom is -0.329 e. The summed E-state index contributed by atoms with van der Waals surface area (Å²) in [5.74, 6) is -0.315. The molecular weight excluding hydrogens is 162 g/mol. The lowest BCUT2D eigenvalue weighted by Crippen LogP contribution is -2.16. The average molecular weight is 177 g/mol. The summed E-state index contributed by atoms with van der Waals surface area (Å²) in [6.07, 6.45) is 1.29. The summed E-state index contributed by atoms with van der Waals surface area (Å²) in [4.78, 5) is 11.5. The van der Waals surface area contributed by atoms with E-state index in [1.807, 2.05) is 19.1 Å². The summed E-state index contributed by atoms with van der Waals surface area (Å²) >= 11 is 0. The third-order valence-corrected chi connectivity index (χ3v) is 1.60. The van der Waals surface area contributed by atoms with Gasteiger partial charge in [-0.1, -0.05) is 23.8 Å². The van der Waals surface area contributed by atoms with E-state index in [4.69, 9.17) is 2.74 Å². The molecule has 0 aliphatic carbocycles. The van der Waals surface area contributed by atoms with Gasteiger partial charge in [0.1, 0.15) is 0 Å². The number of rotatable bonds is 2. The molecule has 68 valence electrons. The lowest BCUT2D eigenvalue weighted by atomic mass is 10.1. The van der Waals surface area contributed by atoms with Crippen molar-refractivity contribution in [3.63, 3.8) is 0 Å². The number of aryl methyl sites for hydroxylation is 1. The fourth-order valence-electron chi connectivity index (χ4n) is 0.894. The molecule has 0 saturated carbocycles. The molecular formula is C11H13NO. The summed E-state index contributed by atoms with van der Waals surface area (Å²) in [6.45, 7) is 1.94. The Morgan fingerprint density at radius 2 is 2.23 bits per heavy atom. The van der Waals surface area contributed by atoms with Crippen LogP contribution in [0.2, 0.25) is 0 Å². The summed E-state index contributed by atoms with van der Waals surface area (Å²) in [5, 5.41) is 2.39. The van der Waals surface area contributed by atoms with Crippen LogP contribution in [0.25, 0.3) is 0 Å². The van der Waals surface area contributed by atoms with E-state index >= 15 is 0 Å². The van der Waals surface area contributed by atoms with Gasteiger partial charge in [-0.25, -0.2) is 0 Å². The summed E-state index contributed by atoms with van der Waals surface area (Å²) < 4.78 is 14.2. The minimum absolute atomic E-state index is 0.00693. The maximum absolute atomic E-state index is 11.5. The Labute approximate surface area is 81.1 Å². The van der Waals surface area contributed by atoms with Crippen molar-refractivity contribution in [1.82, 2.24) is 5.32 Å². The van der Waals surface area contributed by atoms with Crippen molar-refractivity contribution in [2.45, 2.75) is 13.8 Å². The predicted molar refractivity (Wildman–Crippen MR) is 53.5 cm³/mol. The SMILES string of the molecule is [2H]CC=C([2H])NC(=O)c1ccc(C)cc1. The summed E-state index contributed by atoms with van der Waals surface area (Å²) in [7, 11) is 0. The van der Waals surface area contributed by atoms with E-state index in [9.17, 15) is 4.79 Å². The zero-order chi connectivity index (χ0) is 11.3. The van der Waals surface area contributed by atoms with Crippen LogP contribution >= 0.6 is 0 Å². The first-order chi connectivity index (χ1) is 7.13. The number of hydrogen-bond acceptors (Lipinski definition) is 1. The lowest BCUT2D eigenvalue weighted by molar-refractivity contribution is 0.0970. The number of allylic oxidation sites excluding steroid dienone is 1. The van der Waals surface area contributed by atoms with Gasteiger partial charge in [0.15, 0.2) is 0 Å². The van der Waals surface area contributed by atoms with Crippen LogP contribution in [0, 0.1) is 6.92 Å². The Balaban J connectivity index is 2.69. The number of nitrogens with one attached hydrogen (secondary N) is 1. The largest absolute Gasteiger partial charge is 0.329 e. The Morgan fingerprint density at radius 1 is 1.54 bits per heavy atom. The van der Waals surface area contributed by atoms with Crippen molar-refractivity contribution in [3.8, 4) is 0 Å². The topological polar surface area (TPSA) is 29.1 Å². The van der Waals surface area contributed by atoms with Crippen molar-refractivity contribution in [2.75, 3.05) is 0 Å². The van der Waals surface area contributed by atoms with Gasteiger partial charge in [0.05, 0.1) is 1.37 Å².